The number of carbonyl (C=O) groups excluding carboxylic acids is 2. The van der Waals surface area contributed by atoms with Gasteiger partial charge in [0.15, 0.2) is 6.10 Å². The quantitative estimate of drug-likeness (QED) is 0.0264. The Morgan fingerprint density at radius 3 is 1.11 bits per heavy atom. The van der Waals surface area contributed by atoms with Crippen molar-refractivity contribution >= 4 is 19.8 Å². The van der Waals surface area contributed by atoms with Crippen molar-refractivity contribution in [2.75, 3.05) is 26.4 Å². The average Bonchev–Trinajstić information content (AvgIpc) is 3.36. The van der Waals surface area contributed by atoms with E-state index in [1.54, 1.807) is 0 Å². The van der Waals surface area contributed by atoms with Gasteiger partial charge >= 0.3 is 19.8 Å². The van der Waals surface area contributed by atoms with E-state index < -0.39 is 32.5 Å². The summed E-state index contributed by atoms with van der Waals surface area (Å²) in [6.07, 6.45) is 77.9. The summed E-state index contributed by atoms with van der Waals surface area (Å²) < 4.78 is 32.9. The predicted octanol–water partition coefficient (Wildman–Crippen LogP) is 17.4. The second-order valence-electron chi connectivity index (χ2n) is 17.7. The van der Waals surface area contributed by atoms with Crippen molar-refractivity contribution in [1.29, 1.82) is 0 Å². The number of ether oxygens (including phenoxy) is 2. The van der Waals surface area contributed by atoms with E-state index in [2.05, 4.69) is 148 Å². The van der Waals surface area contributed by atoms with Gasteiger partial charge < -0.3 is 20.1 Å². The lowest BCUT2D eigenvalue weighted by Gasteiger charge is -2.19. The van der Waals surface area contributed by atoms with E-state index in [9.17, 15) is 19.0 Å². The molecule has 0 aliphatic rings. The molecule has 3 N–H and O–H groups in total. The van der Waals surface area contributed by atoms with Crippen LogP contribution in [0.3, 0.4) is 0 Å². The third-order valence-corrected chi connectivity index (χ3v) is 12.0. The Balaban J connectivity index is 4.08. The van der Waals surface area contributed by atoms with Gasteiger partial charge in [0.25, 0.3) is 0 Å². The van der Waals surface area contributed by atoms with Crippen LogP contribution in [0.2, 0.25) is 0 Å². The molecule has 0 spiro atoms. The van der Waals surface area contributed by atoms with Crippen LogP contribution < -0.4 is 5.73 Å². The van der Waals surface area contributed by atoms with Crippen LogP contribution in [0.4, 0.5) is 0 Å². The van der Waals surface area contributed by atoms with Crippen molar-refractivity contribution < 1.29 is 37.6 Å². The molecule has 9 nitrogen and oxygen atoms in total. The first-order valence-corrected chi connectivity index (χ1v) is 29.2. The van der Waals surface area contributed by atoms with Crippen LogP contribution >= 0.6 is 7.82 Å². The van der Waals surface area contributed by atoms with Gasteiger partial charge in [-0.15, -0.1) is 0 Å². The summed E-state index contributed by atoms with van der Waals surface area (Å²) in [7, 11) is -4.41. The third-order valence-electron chi connectivity index (χ3n) is 11.0. The first-order valence-electron chi connectivity index (χ1n) is 27.7. The van der Waals surface area contributed by atoms with Crippen LogP contribution in [-0.4, -0.2) is 49.3 Å². The smallest absolute Gasteiger partial charge is 0.462 e. The molecule has 0 aliphatic carbocycles. The maximum absolute atomic E-state index is 12.7. The third kappa shape index (κ3) is 55.3. The number of hydrogen-bond acceptors (Lipinski definition) is 8. The number of rotatable bonds is 50. The van der Waals surface area contributed by atoms with Crippen LogP contribution in [0.1, 0.15) is 206 Å². The van der Waals surface area contributed by atoms with Crippen molar-refractivity contribution in [3.8, 4) is 0 Å². The molecule has 0 rings (SSSR count). The number of allylic oxidation sites excluding steroid dienone is 22. The molecule has 2 atom stereocenters. The van der Waals surface area contributed by atoms with E-state index in [0.717, 1.165) is 109 Å². The van der Waals surface area contributed by atoms with E-state index >= 15 is 0 Å². The molecule has 0 amide bonds. The molecule has 0 saturated carbocycles. The molecule has 0 aliphatic heterocycles. The average molecular weight is 1010 g/mol. The minimum Gasteiger partial charge on any atom is -0.462 e. The minimum absolute atomic E-state index is 0.0389. The van der Waals surface area contributed by atoms with Crippen molar-refractivity contribution in [3.63, 3.8) is 0 Å². The van der Waals surface area contributed by atoms with E-state index in [-0.39, 0.29) is 32.6 Å². The molecule has 0 aromatic heterocycles. The number of esters is 2. The van der Waals surface area contributed by atoms with Crippen molar-refractivity contribution in [1.82, 2.24) is 0 Å². The summed E-state index contributed by atoms with van der Waals surface area (Å²) in [6, 6.07) is 0. The Bertz CT molecular complexity index is 1620. The van der Waals surface area contributed by atoms with E-state index in [1.165, 1.54) is 64.2 Å². The fraction of sp³-hybridized carbons (Fsp3) is 0.607. The highest BCUT2D eigenvalue weighted by atomic mass is 31.2. The van der Waals surface area contributed by atoms with Gasteiger partial charge in [0, 0.05) is 19.4 Å². The summed E-state index contributed by atoms with van der Waals surface area (Å²) in [4.78, 5) is 35.1. The van der Waals surface area contributed by atoms with Gasteiger partial charge in [-0.3, -0.25) is 18.6 Å². The van der Waals surface area contributed by atoms with Crippen LogP contribution in [-0.2, 0) is 32.7 Å². The Labute approximate surface area is 434 Å². The molecule has 10 heteroatoms. The van der Waals surface area contributed by atoms with Gasteiger partial charge in [-0.2, -0.15) is 0 Å². The van der Waals surface area contributed by atoms with E-state index in [1.807, 2.05) is 0 Å². The summed E-state index contributed by atoms with van der Waals surface area (Å²) in [6.45, 7) is 3.45. The van der Waals surface area contributed by atoms with Crippen LogP contribution in [0.15, 0.2) is 134 Å². The maximum Gasteiger partial charge on any atom is 0.472 e. The zero-order valence-electron chi connectivity index (χ0n) is 44.7. The minimum atomic E-state index is -4.41. The largest absolute Gasteiger partial charge is 0.472 e. The molecule has 402 valence electrons. The summed E-state index contributed by atoms with van der Waals surface area (Å²) in [5, 5.41) is 0. The molecular formula is C61H100NO8P. The first kappa shape index (κ1) is 67.1. The molecular weight excluding hydrogens is 906 g/mol. The normalized spacial score (nSPS) is 14.1. The highest BCUT2D eigenvalue weighted by Crippen LogP contribution is 2.43. The number of nitrogens with two attached hydrogens (primary N) is 1. The van der Waals surface area contributed by atoms with Gasteiger partial charge in [0.1, 0.15) is 6.61 Å². The Kier molecular flexibility index (Phi) is 52.5. The molecule has 0 aromatic rings. The van der Waals surface area contributed by atoms with Gasteiger partial charge in [-0.1, -0.05) is 218 Å². The predicted molar refractivity (Wildman–Crippen MR) is 302 cm³/mol. The molecule has 0 heterocycles. The molecule has 0 bridgehead atoms. The van der Waals surface area contributed by atoms with E-state index in [4.69, 9.17) is 24.3 Å². The van der Waals surface area contributed by atoms with Gasteiger partial charge in [0.2, 0.25) is 0 Å². The molecule has 2 unspecified atom stereocenters. The summed E-state index contributed by atoms with van der Waals surface area (Å²) in [5.74, 6) is -0.889. The molecule has 71 heavy (non-hydrogen) atoms. The highest BCUT2D eigenvalue weighted by molar-refractivity contribution is 7.47. The summed E-state index contributed by atoms with van der Waals surface area (Å²) in [5.41, 5.74) is 5.37. The standard InChI is InChI=1S/C61H100NO8P/c1-3-5-7-9-11-13-15-17-19-21-23-25-26-27-28-29-30-31-32-34-35-37-39-41-43-45-47-49-51-53-60(63)67-57-59(58-69-71(65,66)68-56-55-62)70-61(64)54-52-50-48-46-44-42-40-38-36-33-24-22-20-18-16-14-12-10-8-6-4-2/h5-8,11-14,17-20,23-25,27-28,33,38,40,44,46,59H,3-4,9-10,15-16,21-22,26,29-32,34-37,39,41-43,45,47-58,62H2,1-2H3,(H,65,66)/b7-5-,8-6-,13-11-,14-12-,19-17-,20-18-,25-23-,28-27-,33-24-,40-38-,46-44-. The molecule has 0 saturated heterocycles. The second kappa shape index (κ2) is 55.5. The number of carbonyl (C=O) groups is 2. The Hall–Kier alpha value is -3.85. The van der Waals surface area contributed by atoms with Crippen molar-refractivity contribution in [3.05, 3.63) is 134 Å². The number of phosphoric acid groups is 1. The molecule has 0 aromatic carbocycles. The Morgan fingerprint density at radius 2 is 0.732 bits per heavy atom. The van der Waals surface area contributed by atoms with Crippen LogP contribution in [0.25, 0.3) is 0 Å². The monoisotopic (exact) mass is 1010 g/mol. The number of unbranched alkanes of at least 4 members (excludes halogenated alkanes) is 15. The highest BCUT2D eigenvalue weighted by Gasteiger charge is 2.26. The topological polar surface area (TPSA) is 134 Å². The molecule has 0 radical (unpaired) electrons. The zero-order valence-corrected chi connectivity index (χ0v) is 45.5. The van der Waals surface area contributed by atoms with Crippen molar-refractivity contribution in [2.24, 2.45) is 5.73 Å². The number of phosphoric ester groups is 1. The van der Waals surface area contributed by atoms with Gasteiger partial charge in [-0.05, 0) is 109 Å². The summed E-state index contributed by atoms with van der Waals surface area (Å²) >= 11 is 0. The van der Waals surface area contributed by atoms with E-state index in [0.29, 0.717) is 6.42 Å². The lowest BCUT2D eigenvalue weighted by molar-refractivity contribution is -0.161. The lowest BCUT2D eigenvalue weighted by atomic mass is 10.0. The fourth-order valence-electron chi connectivity index (χ4n) is 7.02. The fourth-order valence-corrected chi connectivity index (χ4v) is 7.78. The SMILES string of the molecule is CC/C=C\C/C=C\C/C=C\C/C=C\C/C=C\C/C=C\CCCCC(=O)OC(COC(=O)CCCCCCCCCCCCCCC/C=C\C/C=C\C/C=C\C/C=C\C/C=C\CC)COP(=O)(O)OCCN. The second-order valence-corrected chi connectivity index (χ2v) is 19.1. The van der Waals surface area contributed by atoms with Gasteiger partial charge in [-0.25, -0.2) is 4.57 Å². The van der Waals surface area contributed by atoms with Crippen molar-refractivity contribution in [2.45, 2.75) is 213 Å². The number of hydrogen-bond donors (Lipinski definition) is 2. The van der Waals surface area contributed by atoms with Crippen LogP contribution in [0.5, 0.6) is 0 Å². The Morgan fingerprint density at radius 1 is 0.423 bits per heavy atom. The zero-order chi connectivity index (χ0) is 51.7. The first-order chi connectivity index (χ1) is 34.8. The lowest BCUT2D eigenvalue weighted by Crippen LogP contribution is -2.29. The van der Waals surface area contributed by atoms with Crippen LogP contribution in [0, 0.1) is 0 Å². The molecule has 0 fully saturated rings. The maximum atomic E-state index is 12.7. The van der Waals surface area contributed by atoms with Gasteiger partial charge in [0.05, 0.1) is 13.2 Å².